The molecule has 0 bridgehead atoms. The maximum atomic E-state index is 12.2. The van der Waals surface area contributed by atoms with Gasteiger partial charge in [0.15, 0.2) is 0 Å². The molecule has 19 heavy (non-hydrogen) atoms. The SMILES string of the molecule is Cc1cn(C)c([C@@H]2CCN(C(=O)c3cncs3)C2)n1. The van der Waals surface area contributed by atoms with Gasteiger partial charge in [-0.25, -0.2) is 4.98 Å². The average molecular weight is 276 g/mol. The minimum atomic E-state index is 0.0935. The van der Waals surface area contributed by atoms with Gasteiger partial charge in [0.25, 0.3) is 5.91 Å². The van der Waals surface area contributed by atoms with E-state index in [0.717, 1.165) is 35.9 Å². The summed E-state index contributed by atoms with van der Waals surface area (Å²) in [5.74, 6) is 1.52. The number of imidazole rings is 1. The molecule has 0 saturated carbocycles. The van der Waals surface area contributed by atoms with Crippen molar-refractivity contribution < 1.29 is 4.79 Å². The van der Waals surface area contributed by atoms with Gasteiger partial charge in [0.1, 0.15) is 10.7 Å². The van der Waals surface area contributed by atoms with Crippen LogP contribution in [-0.2, 0) is 7.05 Å². The molecule has 3 rings (SSSR count). The van der Waals surface area contributed by atoms with E-state index in [4.69, 9.17) is 0 Å². The van der Waals surface area contributed by atoms with Gasteiger partial charge in [-0.05, 0) is 13.3 Å². The summed E-state index contributed by atoms with van der Waals surface area (Å²) in [7, 11) is 2.02. The van der Waals surface area contributed by atoms with Crippen molar-refractivity contribution in [2.24, 2.45) is 7.05 Å². The van der Waals surface area contributed by atoms with Crippen molar-refractivity contribution in [1.29, 1.82) is 0 Å². The molecule has 6 heteroatoms. The van der Waals surface area contributed by atoms with Crippen LogP contribution in [-0.4, -0.2) is 38.4 Å². The molecule has 0 N–H and O–H groups in total. The zero-order valence-corrected chi connectivity index (χ0v) is 11.9. The molecule has 1 amide bonds. The third kappa shape index (κ3) is 2.28. The number of aryl methyl sites for hydroxylation is 2. The molecule has 0 radical (unpaired) electrons. The highest BCUT2D eigenvalue weighted by atomic mass is 32.1. The average Bonchev–Trinajstić information content (AvgIpc) is 3.08. The first-order valence-corrected chi connectivity index (χ1v) is 7.20. The molecule has 2 aromatic rings. The van der Waals surface area contributed by atoms with Crippen molar-refractivity contribution in [3.63, 3.8) is 0 Å². The zero-order valence-electron chi connectivity index (χ0n) is 11.0. The lowest BCUT2D eigenvalue weighted by atomic mass is 10.1. The second-order valence-corrected chi connectivity index (χ2v) is 5.84. The van der Waals surface area contributed by atoms with Crippen LogP contribution >= 0.6 is 11.3 Å². The summed E-state index contributed by atoms with van der Waals surface area (Å²) in [6.45, 7) is 3.55. The van der Waals surface area contributed by atoms with Gasteiger partial charge >= 0.3 is 0 Å². The Kier molecular flexibility index (Phi) is 3.10. The van der Waals surface area contributed by atoms with Crippen molar-refractivity contribution in [1.82, 2.24) is 19.4 Å². The Balaban J connectivity index is 1.74. The number of amides is 1. The Hall–Kier alpha value is -1.69. The number of hydrogen-bond donors (Lipinski definition) is 0. The van der Waals surface area contributed by atoms with Gasteiger partial charge in [0.05, 0.1) is 17.4 Å². The summed E-state index contributed by atoms with van der Waals surface area (Å²) in [5, 5.41) is 0. The smallest absolute Gasteiger partial charge is 0.265 e. The van der Waals surface area contributed by atoms with Crippen molar-refractivity contribution in [2.75, 3.05) is 13.1 Å². The Bertz CT molecular complexity index is 590. The highest BCUT2D eigenvalue weighted by Crippen LogP contribution is 2.27. The van der Waals surface area contributed by atoms with Crippen LogP contribution in [0.5, 0.6) is 0 Å². The van der Waals surface area contributed by atoms with E-state index in [1.54, 1.807) is 11.7 Å². The van der Waals surface area contributed by atoms with Crippen molar-refractivity contribution >= 4 is 17.2 Å². The summed E-state index contributed by atoms with van der Waals surface area (Å²) in [6.07, 6.45) is 4.66. The molecular formula is C13H16N4OS. The lowest BCUT2D eigenvalue weighted by Gasteiger charge is -2.15. The van der Waals surface area contributed by atoms with Gasteiger partial charge in [-0.1, -0.05) is 0 Å². The van der Waals surface area contributed by atoms with Crippen LogP contribution in [0.1, 0.15) is 33.5 Å². The Morgan fingerprint density at radius 1 is 1.53 bits per heavy atom. The highest BCUT2D eigenvalue weighted by molar-refractivity contribution is 7.11. The molecule has 100 valence electrons. The second kappa shape index (κ2) is 4.77. The van der Waals surface area contributed by atoms with Crippen LogP contribution in [0.25, 0.3) is 0 Å². The minimum absolute atomic E-state index is 0.0935. The van der Waals surface area contributed by atoms with Gasteiger partial charge in [-0.2, -0.15) is 0 Å². The van der Waals surface area contributed by atoms with Gasteiger partial charge in [-0.15, -0.1) is 11.3 Å². The van der Waals surface area contributed by atoms with E-state index < -0.39 is 0 Å². The number of rotatable bonds is 2. The largest absolute Gasteiger partial charge is 0.337 e. The van der Waals surface area contributed by atoms with Crippen molar-refractivity contribution in [2.45, 2.75) is 19.3 Å². The van der Waals surface area contributed by atoms with E-state index in [-0.39, 0.29) is 5.91 Å². The highest BCUT2D eigenvalue weighted by Gasteiger charge is 2.30. The van der Waals surface area contributed by atoms with E-state index >= 15 is 0 Å². The molecule has 2 aromatic heterocycles. The molecule has 3 heterocycles. The molecule has 0 unspecified atom stereocenters. The summed E-state index contributed by atoms with van der Waals surface area (Å²) in [6, 6.07) is 0. The van der Waals surface area contributed by atoms with Crippen LogP contribution in [0, 0.1) is 6.92 Å². The summed E-state index contributed by atoms with van der Waals surface area (Å²) in [5.41, 5.74) is 2.73. The predicted molar refractivity (Wildman–Crippen MR) is 73.3 cm³/mol. The summed E-state index contributed by atoms with van der Waals surface area (Å²) in [4.78, 5) is 23.4. The summed E-state index contributed by atoms with van der Waals surface area (Å²) < 4.78 is 2.07. The quantitative estimate of drug-likeness (QED) is 0.840. The van der Waals surface area contributed by atoms with Crippen molar-refractivity contribution in [3.05, 3.63) is 34.3 Å². The Labute approximate surface area is 115 Å². The van der Waals surface area contributed by atoms with Crippen molar-refractivity contribution in [3.8, 4) is 0 Å². The first-order chi connectivity index (χ1) is 9.15. The van der Waals surface area contributed by atoms with Gasteiger partial charge in [0.2, 0.25) is 0 Å². The zero-order chi connectivity index (χ0) is 13.4. The molecule has 0 aromatic carbocycles. The molecular weight excluding hydrogens is 260 g/mol. The standard InChI is InChI=1S/C13H16N4OS/c1-9-6-16(2)12(15-9)10-3-4-17(7-10)13(18)11-5-14-8-19-11/h5-6,8,10H,3-4,7H2,1-2H3/t10-/m1/s1. The molecule has 5 nitrogen and oxygen atoms in total. The number of aromatic nitrogens is 3. The normalized spacial score (nSPS) is 19.1. The minimum Gasteiger partial charge on any atom is -0.337 e. The molecule has 1 aliphatic heterocycles. The first-order valence-electron chi connectivity index (χ1n) is 6.33. The first kappa shape index (κ1) is 12.3. The molecule has 0 aliphatic carbocycles. The number of carbonyl (C=O) groups excluding carboxylic acids is 1. The van der Waals surface area contributed by atoms with E-state index in [0.29, 0.717) is 5.92 Å². The molecule has 0 spiro atoms. The van der Waals surface area contributed by atoms with Crippen LogP contribution in [0.3, 0.4) is 0 Å². The molecule has 1 aliphatic rings. The van der Waals surface area contributed by atoms with Gasteiger partial charge < -0.3 is 9.47 Å². The molecule has 1 saturated heterocycles. The number of thiazole rings is 1. The van der Waals surface area contributed by atoms with Crippen LogP contribution in [0.4, 0.5) is 0 Å². The fourth-order valence-electron chi connectivity index (χ4n) is 2.65. The second-order valence-electron chi connectivity index (χ2n) is 4.95. The molecule has 1 atom stereocenters. The maximum Gasteiger partial charge on any atom is 0.265 e. The van der Waals surface area contributed by atoms with Crippen LogP contribution in [0.2, 0.25) is 0 Å². The van der Waals surface area contributed by atoms with E-state index in [1.807, 2.05) is 25.1 Å². The fraction of sp³-hybridized carbons (Fsp3) is 0.462. The summed E-state index contributed by atoms with van der Waals surface area (Å²) >= 11 is 1.40. The van der Waals surface area contributed by atoms with E-state index in [2.05, 4.69) is 14.5 Å². The number of nitrogens with zero attached hydrogens (tertiary/aromatic N) is 4. The monoisotopic (exact) mass is 276 g/mol. The lowest BCUT2D eigenvalue weighted by molar-refractivity contribution is 0.0795. The Morgan fingerprint density at radius 2 is 2.37 bits per heavy atom. The van der Waals surface area contributed by atoms with E-state index in [1.165, 1.54) is 11.3 Å². The number of hydrogen-bond acceptors (Lipinski definition) is 4. The number of carbonyl (C=O) groups is 1. The van der Waals surface area contributed by atoms with Crippen LogP contribution in [0.15, 0.2) is 17.9 Å². The predicted octanol–water partition coefficient (Wildman–Crippen LogP) is 1.81. The van der Waals surface area contributed by atoms with E-state index in [9.17, 15) is 4.79 Å². The lowest BCUT2D eigenvalue weighted by Crippen LogP contribution is -2.28. The molecule has 1 fully saturated rings. The fourth-order valence-corrected chi connectivity index (χ4v) is 3.23. The third-order valence-electron chi connectivity index (χ3n) is 3.52. The number of likely N-dealkylation sites (tertiary alicyclic amines) is 1. The third-order valence-corrected chi connectivity index (χ3v) is 4.28. The van der Waals surface area contributed by atoms with Gasteiger partial charge in [0, 0.05) is 32.3 Å². The topological polar surface area (TPSA) is 51.0 Å². The Morgan fingerprint density at radius 3 is 3.00 bits per heavy atom. The van der Waals surface area contributed by atoms with Crippen LogP contribution < -0.4 is 0 Å². The maximum absolute atomic E-state index is 12.2. The van der Waals surface area contributed by atoms with Gasteiger partial charge in [-0.3, -0.25) is 9.78 Å².